The van der Waals surface area contributed by atoms with Gasteiger partial charge in [0.15, 0.2) is 17.4 Å². The van der Waals surface area contributed by atoms with Gasteiger partial charge < -0.3 is 5.11 Å². The van der Waals surface area contributed by atoms with Crippen LogP contribution < -0.4 is 0 Å². The molecule has 1 rings (SSSR count). The minimum Gasteiger partial charge on any atom is -0.503 e. The molecule has 4 heteroatoms. The highest BCUT2D eigenvalue weighted by Gasteiger charge is 2.07. The van der Waals surface area contributed by atoms with Gasteiger partial charge in [0.05, 0.1) is 0 Å². The number of aromatic hydroxyl groups is 1. The van der Waals surface area contributed by atoms with E-state index in [1.807, 2.05) is 0 Å². The van der Waals surface area contributed by atoms with Crippen LogP contribution in [0, 0.1) is 23.5 Å². The summed E-state index contributed by atoms with van der Waals surface area (Å²) in [6.45, 7) is 0. The van der Waals surface area contributed by atoms with Gasteiger partial charge in [-0.1, -0.05) is 11.8 Å². The molecule has 1 nitrogen and oxygen atoms in total. The Hall–Kier alpha value is -1.27. The minimum absolute atomic E-state index is 0.183. The SMILES string of the molecule is Oc1c(F)cc(C#CCCCl)cc1F. The summed E-state index contributed by atoms with van der Waals surface area (Å²) >= 11 is 5.36. The number of halogens is 3. The van der Waals surface area contributed by atoms with Crippen molar-refractivity contribution in [1.29, 1.82) is 0 Å². The van der Waals surface area contributed by atoms with Gasteiger partial charge in [0.1, 0.15) is 0 Å². The standard InChI is InChI=1S/C10H7ClF2O/c11-4-2-1-3-7-5-8(12)10(14)9(13)6-7/h5-6,14H,2,4H2. The first-order chi connectivity index (χ1) is 6.65. The molecule has 0 unspecified atom stereocenters. The van der Waals surface area contributed by atoms with Crippen LogP contribution in [0.5, 0.6) is 5.75 Å². The molecule has 0 heterocycles. The van der Waals surface area contributed by atoms with Crippen LogP contribution in [0.25, 0.3) is 0 Å². The van der Waals surface area contributed by atoms with E-state index in [0.29, 0.717) is 12.3 Å². The predicted octanol–water partition coefficient (Wildman–Crippen LogP) is 2.65. The zero-order valence-corrected chi connectivity index (χ0v) is 7.91. The summed E-state index contributed by atoms with van der Waals surface area (Å²) in [7, 11) is 0. The van der Waals surface area contributed by atoms with Crippen molar-refractivity contribution < 1.29 is 13.9 Å². The van der Waals surface area contributed by atoms with Gasteiger partial charge in [0, 0.05) is 17.9 Å². The Kier molecular flexibility index (Phi) is 3.73. The fourth-order valence-electron chi connectivity index (χ4n) is 0.849. The molecule has 0 saturated heterocycles. The quantitative estimate of drug-likeness (QED) is 0.565. The van der Waals surface area contributed by atoms with Gasteiger partial charge in [0.2, 0.25) is 0 Å². The number of benzene rings is 1. The molecule has 0 saturated carbocycles. The molecule has 14 heavy (non-hydrogen) atoms. The van der Waals surface area contributed by atoms with Crippen molar-refractivity contribution in [3.63, 3.8) is 0 Å². The van der Waals surface area contributed by atoms with Gasteiger partial charge in [-0.15, -0.1) is 11.6 Å². The Labute approximate surface area is 85.3 Å². The molecule has 1 aromatic carbocycles. The molecule has 0 amide bonds. The van der Waals surface area contributed by atoms with E-state index in [4.69, 9.17) is 16.7 Å². The van der Waals surface area contributed by atoms with E-state index in [1.54, 1.807) is 0 Å². The van der Waals surface area contributed by atoms with Crippen molar-refractivity contribution in [2.45, 2.75) is 6.42 Å². The van der Waals surface area contributed by atoms with E-state index in [9.17, 15) is 8.78 Å². The second-order valence-corrected chi connectivity index (χ2v) is 2.91. The fourth-order valence-corrected chi connectivity index (χ4v) is 0.944. The molecular formula is C10H7ClF2O. The second kappa shape index (κ2) is 4.83. The lowest BCUT2D eigenvalue weighted by molar-refractivity contribution is 0.396. The smallest absolute Gasteiger partial charge is 0.187 e. The second-order valence-electron chi connectivity index (χ2n) is 2.53. The third-order valence-electron chi connectivity index (χ3n) is 1.47. The molecule has 74 valence electrons. The van der Waals surface area contributed by atoms with Gasteiger partial charge in [-0.05, 0) is 12.1 Å². The van der Waals surface area contributed by atoms with Crippen molar-refractivity contribution in [1.82, 2.24) is 0 Å². The van der Waals surface area contributed by atoms with Crippen molar-refractivity contribution in [2.75, 3.05) is 5.88 Å². The van der Waals surface area contributed by atoms with E-state index >= 15 is 0 Å². The maximum atomic E-state index is 12.8. The zero-order chi connectivity index (χ0) is 10.6. The highest BCUT2D eigenvalue weighted by atomic mass is 35.5. The maximum Gasteiger partial charge on any atom is 0.187 e. The van der Waals surface area contributed by atoms with Gasteiger partial charge in [-0.2, -0.15) is 0 Å². The summed E-state index contributed by atoms with van der Waals surface area (Å²) in [6.07, 6.45) is 0.450. The number of hydrogen-bond donors (Lipinski definition) is 1. The highest BCUT2D eigenvalue weighted by molar-refractivity contribution is 6.18. The van der Waals surface area contributed by atoms with Crippen LogP contribution >= 0.6 is 11.6 Å². The average Bonchev–Trinajstić information content (AvgIpc) is 2.14. The molecule has 0 aliphatic heterocycles. The molecule has 1 N–H and O–H groups in total. The third kappa shape index (κ3) is 2.61. The van der Waals surface area contributed by atoms with E-state index < -0.39 is 17.4 Å². The summed E-state index contributed by atoms with van der Waals surface area (Å²) in [6, 6.07) is 1.94. The Morgan fingerprint density at radius 3 is 2.36 bits per heavy atom. The van der Waals surface area contributed by atoms with Crippen molar-refractivity contribution in [3.05, 3.63) is 29.3 Å². The van der Waals surface area contributed by atoms with E-state index in [-0.39, 0.29) is 5.56 Å². The first kappa shape index (κ1) is 10.8. The molecule has 0 radical (unpaired) electrons. The van der Waals surface area contributed by atoms with E-state index in [1.165, 1.54) is 0 Å². The first-order valence-corrected chi connectivity index (χ1v) is 4.41. The molecule has 0 aliphatic rings. The largest absolute Gasteiger partial charge is 0.503 e. The molecule has 0 spiro atoms. The van der Waals surface area contributed by atoms with Crippen molar-refractivity contribution in [2.24, 2.45) is 0 Å². The van der Waals surface area contributed by atoms with Crippen LogP contribution in [0.3, 0.4) is 0 Å². The third-order valence-corrected chi connectivity index (χ3v) is 1.66. The fraction of sp³-hybridized carbons (Fsp3) is 0.200. The van der Waals surface area contributed by atoms with Gasteiger partial charge >= 0.3 is 0 Å². The van der Waals surface area contributed by atoms with Gasteiger partial charge in [-0.25, -0.2) is 8.78 Å². The van der Waals surface area contributed by atoms with Crippen molar-refractivity contribution >= 4 is 11.6 Å². The molecule has 1 aromatic rings. The number of phenols is 1. The number of alkyl halides is 1. The van der Waals surface area contributed by atoms with Crippen LogP contribution in [-0.4, -0.2) is 11.0 Å². The molecule has 0 fully saturated rings. The highest BCUT2D eigenvalue weighted by Crippen LogP contribution is 2.20. The van der Waals surface area contributed by atoms with Crippen LogP contribution in [0.2, 0.25) is 0 Å². The Morgan fingerprint density at radius 1 is 1.29 bits per heavy atom. The Balaban J connectivity index is 2.97. The van der Waals surface area contributed by atoms with Crippen LogP contribution in [0.4, 0.5) is 8.78 Å². The lowest BCUT2D eigenvalue weighted by atomic mass is 10.2. The van der Waals surface area contributed by atoms with Crippen LogP contribution in [0.15, 0.2) is 12.1 Å². The summed E-state index contributed by atoms with van der Waals surface area (Å²) in [4.78, 5) is 0. The molecule has 0 bridgehead atoms. The van der Waals surface area contributed by atoms with E-state index in [0.717, 1.165) is 12.1 Å². The first-order valence-electron chi connectivity index (χ1n) is 3.88. The molecule has 0 aromatic heterocycles. The summed E-state index contributed by atoms with van der Waals surface area (Å²) in [5.74, 6) is 2.52. The van der Waals surface area contributed by atoms with Crippen LogP contribution in [-0.2, 0) is 0 Å². The minimum atomic E-state index is -1.01. The Morgan fingerprint density at radius 2 is 1.86 bits per heavy atom. The van der Waals surface area contributed by atoms with Crippen molar-refractivity contribution in [3.8, 4) is 17.6 Å². The predicted molar refractivity (Wildman–Crippen MR) is 50.2 cm³/mol. The summed E-state index contributed by atoms with van der Waals surface area (Å²) < 4.78 is 25.5. The van der Waals surface area contributed by atoms with Gasteiger partial charge in [0.25, 0.3) is 0 Å². The number of rotatable bonds is 1. The number of phenolic OH excluding ortho intramolecular Hbond substituents is 1. The summed E-state index contributed by atoms with van der Waals surface area (Å²) in [5.41, 5.74) is 0.183. The molecule has 0 aliphatic carbocycles. The lowest BCUT2D eigenvalue weighted by Crippen LogP contribution is -1.85. The topological polar surface area (TPSA) is 20.2 Å². The Bertz CT molecular complexity index is 370. The van der Waals surface area contributed by atoms with Gasteiger partial charge in [-0.3, -0.25) is 0 Å². The monoisotopic (exact) mass is 216 g/mol. The van der Waals surface area contributed by atoms with E-state index in [2.05, 4.69) is 11.8 Å². The molecule has 0 atom stereocenters. The zero-order valence-electron chi connectivity index (χ0n) is 7.15. The van der Waals surface area contributed by atoms with Crippen LogP contribution in [0.1, 0.15) is 12.0 Å². The lowest BCUT2D eigenvalue weighted by Gasteiger charge is -1.97. The average molecular weight is 217 g/mol. The molecular weight excluding hydrogens is 210 g/mol. The maximum absolute atomic E-state index is 12.8. The summed E-state index contributed by atoms with van der Waals surface area (Å²) in [5, 5.41) is 8.78. The normalized spacial score (nSPS) is 9.36. The number of hydrogen-bond acceptors (Lipinski definition) is 1.